The zero-order chi connectivity index (χ0) is 19.6. The second-order valence-corrected chi connectivity index (χ2v) is 10.5. The molecule has 0 unspecified atom stereocenters. The van der Waals surface area contributed by atoms with Crippen LogP contribution in [-0.4, -0.2) is 0 Å². The maximum Gasteiger partial charge on any atom is -0.0233 e. The summed E-state index contributed by atoms with van der Waals surface area (Å²) in [5.41, 5.74) is 0. The lowest BCUT2D eigenvalue weighted by molar-refractivity contribution is 0.143. The first-order valence-corrected chi connectivity index (χ1v) is 13.1. The summed E-state index contributed by atoms with van der Waals surface area (Å²) in [6, 6.07) is 0. The Balaban J connectivity index is 1.26. The Morgan fingerprint density at radius 2 is 1.07 bits per heavy atom. The third kappa shape index (κ3) is 7.07. The Bertz CT molecular complexity index is 448. The number of rotatable bonds is 8. The smallest absolute Gasteiger partial charge is 0.0233 e. The summed E-state index contributed by atoms with van der Waals surface area (Å²) >= 11 is 0. The molecule has 0 heteroatoms. The maximum atomic E-state index is 2.58. The van der Waals surface area contributed by atoms with Crippen molar-refractivity contribution in [1.29, 1.82) is 0 Å². The van der Waals surface area contributed by atoms with Crippen LogP contribution in [-0.2, 0) is 0 Å². The summed E-state index contributed by atoms with van der Waals surface area (Å²) in [5.74, 6) is 6.01. The Kier molecular flexibility index (Phi) is 9.69. The SMILES string of the molecule is CCC=C[C@H]1CC[C@H](C=CCC[C@H]2CC[C@H]([C@H]3CC[C@H](CC)CC3)CC2)CC1. The van der Waals surface area contributed by atoms with E-state index in [-0.39, 0.29) is 0 Å². The molecule has 0 amide bonds. The second-order valence-electron chi connectivity index (χ2n) is 10.5. The molecule has 0 spiro atoms. The van der Waals surface area contributed by atoms with Crippen molar-refractivity contribution in [2.45, 2.75) is 117 Å². The Morgan fingerprint density at radius 3 is 1.57 bits per heavy atom. The Morgan fingerprint density at radius 1 is 0.571 bits per heavy atom. The van der Waals surface area contributed by atoms with Crippen LogP contribution in [0.4, 0.5) is 0 Å². The van der Waals surface area contributed by atoms with Crippen molar-refractivity contribution in [2.75, 3.05) is 0 Å². The summed E-state index contributed by atoms with van der Waals surface area (Å²) in [5, 5.41) is 0. The monoisotopic (exact) mass is 384 g/mol. The van der Waals surface area contributed by atoms with Crippen molar-refractivity contribution in [3.8, 4) is 0 Å². The van der Waals surface area contributed by atoms with Gasteiger partial charge in [0, 0.05) is 0 Å². The van der Waals surface area contributed by atoms with Crippen LogP contribution in [0.2, 0.25) is 0 Å². The van der Waals surface area contributed by atoms with Gasteiger partial charge in [-0.25, -0.2) is 0 Å². The van der Waals surface area contributed by atoms with E-state index < -0.39 is 0 Å². The van der Waals surface area contributed by atoms with Crippen LogP contribution in [0.5, 0.6) is 0 Å². The quantitative estimate of drug-likeness (QED) is 0.366. The van der Waals surface area contributed by atoms with Gasteiger partial charge in [0.2, 0.25) is 0 Å². The van der Waals surface area contributed by atoms with Crippen LogP contribution < -0.4 is 0 Å². The number of hydrogen-bond acceptors (Lipinski definition) is 0. The van der Waals surface area contributed by atoms with E-state index in [1.54, 1.807) is 25.7 Å². The molecular weight excluding hydrogens is 336 g/mol. The number of hydrogen-bond donors (Lipinski definition) is 0. The zero-order valence-corrected chi connectivity index (χ0v) is 19.1. The Hall–Kier alpha value is -0.520. The van der Waals surface area contributed by atoms with Crippen LogP contribution in [0.1, 0.15) is 117 Å². The molecule has 0 N–H and O–H groups in total. The fraction of sp³-hybridized carbons (Fsp3) is 0.857. The van der Waals surface area contributed by atoms with E-state index in [0.29, 0.717) is 0 Å². The van der Waals surface area contributed by atoms with Gasteiger partial charge in [0.25, 0.3) is 0 Å². The van der Waals surface area contributed by atoms with E-state index in [4.69, 9.17) is 0 Å². The standard InChI is InChI=1S/C28H48/c1-3-5-8-24-11-13-25(14-12-24)9-6-7-10-26-17-21-28(22-18-26)27-19-15-23(4-2)16-20-27/h5-6,8-9,23-28H,3-4,7,10-22H2,1-2H3/t23-,24-,25-,26-,27-,28-. The van der Waals surface area contributed by atoms with Crippen LogP contribution in [0.3, 0.4) is 0 Å². The van der Waals surface area contributed by atoms with Gasteiger partial charge in [0.05, 0.1) is 0 Å². The molecule has 0 atom stereocenters. The van der Waals surface area contributed by atoms with Crippen molar-refractivity contribution in [3.05, 3.63) is 24.3 Å². The largest absolute Gasteiger partial charge is 0.0885 e. The van der Waals surface area contributed by atoms with Crippen molar-refractivity contribution in [2.24, 2.45) is 35.5 Å². The molecule has 0 aromatic carbocycles. The minimum absolute atomic E-state index is 0.872. The molecule has 0 aliphatic heterocycles. The highest BCUT2D eigenvalue weighted by molar-refractivity contribution is 4.96. The highest BCUT2D eigenvalue weighted by Crippen LogP contribution is 2.42. The van der Waals surface area contributed by atoms with E-state index in [1.807, 2.05) is 0 Å². The van der Waals surface area contributed by atoms with Gasteiger partial charge < -0.3 is 0 Å². The van der Waals surface area contributed by atoms with Crippen LogP contribution >= 0.6 is 0 Å². The molecule has 0 saturated heterocycles. The Labute approximate surface area is 176 Å². The first-order chi connectivity index (χ1) is 13.8. The lowest BCUT2D eigenvalue weighted by Gasteiger charge is -2.37. The van der Waals surface area contributed by atoms with Gasteiger partial charge in [-0.3, -0.25) is 0 Å². The zero-order valence-electron chi connectivity index (χ0n) is 19.1. The van der Waals surface area contributed by atoms with E-state index in [0.717, 1.165) is 35.5 Å². The van der Waals surface area contributed by atoms with Gasteiger partial charge in [-0.15, -0.1) is 0 Å². The summed E-state index contributed by atoms with van der Waals surface area (Å²) in [6.07, 6.45) is 33.4. The molecule has 0 heterocycles. The molecule has 0 aromatic rings. The molecule has 0 aromatic heterocycles. The minimum Gasteiger partial charge on any atom is -0.0885 e. The van der Waals surface area contributed by atoms with E-state index >= 15 is 0 Å². The maximum absolute atomic E-state index is 2.58. The predicted molar refractivity (Wildman–Crippen MR) is 124 cm³/mol. The van der Waals surface area contributed by atoms with Crippen LogP contribution in [0.25, 0.3) is 0 Å². The second kappa shape index (κ2) is 12.2. The molecule has 3 rings (SSSR count). The molecule has 28 heavy (non-hydrogen) atoms. The lowest BCUT2D eigenvalue weighted by Crippen LogP contribution is -2.25. The number of allylic oxidation sites excluding steroid dienone is 4. The minimum atomic E-state index is 0.872. The molecule has 3 fully saturated rings. The van der Waals surface area contributed by atoms with Gasteiger partial charge in [0.15, 0.2) is 0 Å². The summed E-state index contributed by atoms with van der Waals surface area (Å²) in [7, 11) is 0. The normalized spacial score (nSPS) is 37.6. The first-order valence-electron chi connectivity index (χ1n) is 13.1. The average molecular weight is 385 g/mol. The van der Waals surface area contributed by atoms with E-state index in [2.05, 4.69) is 38.2 Å². The van der Waals surface area contributed by atoms with Gasteiger partial charge in [-0.1, -0.05) is 70.3 Å². The molecule has 0 nitrogen and oxygen atoms in total. The molecule has 160 valence electrons. The predicted octanol–water partition coefficient (Wildman–Crippen LogP) is 9.12. The van der Waals surface area contributed by atoms with Gasteiger partial charge in [0.1, 0.15) is 0 Å². The summed E-state index contributed by atoms with van der Waals surface area (Å²) in [6.45, 7) is 4.63. The molecule has 3 aliphatic carbocycles. The van der Waals surface area contributed by atoms with E-state index in [1.165, 1.54) is 77.0 Å². The van der Waals surface area contributed by atoms with E-state index in [9.17, 15) is 0 Å². The fourth-order valence-corrected chi connectivity index (χ4v) is 6.50. The lowest BCUT2D eigenvalue weighted by atomic mass is 9.68. The summed E-state index contributed by atoms with van der Waals surface area (Å²) in [4.78, 5) is 0. The van der Waals surface area contributed by atoms with Gasteiger partial charge in [-0.05, 0) is 106 Å². The van der Waals surface area contributed by atoms with Crippen molar-refractivity contribution >= 4 is 0 Å². The van der Waals surface area contributed by atoms with Crippen molar-refractivity contribution < 1.29 is 0 Å². The first kappa shape index (κ1) is 22.2. The third-order valence-electron chi connectivity index (χ3n) is 8.64. The third-order valence-corrected chi connectivity index (χ3v) is 8.64. The van der Waals surface area contributed by atoms with Crippen molar-refractivity contribution in [1.82, 2.24) is 0 Å². The molecular formula is C28H48. The molecule has 3 saturated carbocycles. The summed E-state index contributed by atoms with van der Waals surface area (Å²) < 4.78 is 0. The fourth-order valence-electron chi connectivity index (χ4n) is 6.50. The van der Waals surface area contributed by atoms with Crippen molar-refractivity contribution in [3.63, 3.8) is 0 Å². The van der Waals surface area contributed by atoms with Crippen LogP contribution in [0.15, 0.2) is 24.3 Å². The average Bonchev–Trinajstić information content (AvgIpc) is 2.76. The van der Waals surface area contributed by atoms with Gasteiger partial charge >= 0.3 is 0 Å². The molecule has 0 radical (unpaired) electrons. The molecule has 0 bridgehead atoms. The van der Waals surface area contributed by atoms with Crippen LogP contribution in [0, 0.1) is 35.5 Å². The highest BCUT2D eigenvalue weighted by Gasteiger charge is 2.30. The van der Waals surface area contributed by atoms with Gasteiger partial charge in [-0.2, -0.15) is 0 Å². The highest BCUT2D eigenvalue weighted by atomic mass is 14.4. The molecule has 3 aliphatic rings. The topological polar surface area (TPSA) is 0 Å².